The minimum absolute atomic E-state index is 0.225. The highest BCUT2D eigenvalue weighted by atomic mass is 16.5. The van der Waals surface area contributed by atoms with Gasteiger partial charge in [-0.25, -0.2) is 4.79 Å². The summed E-state index contributed by atoms with van der Waals surface area (Å²) in [5.74, 6) is -0.475. The van der Waals surface area contributed by atoms with Crippen LogP contribution in [0.1, 0.15) is 18.3 Å². The highest BCUT2D eigenvalue weighted by Gasteiger charge is 2.38. The molecule has 0 fully saturated rings. The first-order valence-corrected chi connectivity index (χ1v) is 5.68. The molecular weight excluding hydrogens is 248 g/mol. The predicted octanol–water partition coefficient (Wildman–Crippen LogP) is 1.07. The second-order valence-corrected chi connectivity index (χ2v) is 3.99. The first kappa shape index (κ1) is 14.9. The summed E-state index contributed by atoms with van der Waals surface area (Å²) < 4.78 is 4.81. The standard InChI is InChI=1S/C11H16N6O2/c1-8-9(14-5-4-13-8)11(2,10(18)19-3)15-6-7-16-17-12/h4-5,15H,6-7H2,1-3H3. The lowest BCUT2D eigenvalue weighted by Crippen LogP contribution is -2.49. The number of ether oxygens (including phenoxy) is 1. The third kappa shape index (κ3) is 3.40. The Balaban J connectivity index is 3.03. The van der Waals surface area contributed by atoms with Gasteiger partial charge in [-0.2, -0.15) is 0 Å². The number of hydrogen-bond donors (Lipinski definition) is 1. The van der Waals surface area contributed by atoms with Crippen LogP contribution in [0, 0.1) is 6.92 Å². The monoisotopic (exact) mass is 264 g/mol. The van der Waals surface area contributed by atoms with Crippen LogP contribution in [0.25, 0.3) is 10.4 Å². The molecule has 0 aliphatic carbocycles. The number of carbonyl (C=O) groups excluding carboxylic acids is 1. The van der Waals surface area contributed by atoms with Crippen molar-refractivity contribution in [2.75, 3.05) is 20.2 Å². The smallest absolute Gasteiger partial charge is 0.332 e. The van der Waals surface area contributed by atoms with Gasteiger partial charge in [0.2, 0.25) is 0 Å². The zero-order chi connectivity index (χ0) is 14.3. The SMILES string of the molecule is COC(=O)C(C)(NCCN=[N+]=[N-])c1nccnc1C. The molecule has 0 amide bonds. The van der Waals surface area contributed by atoms with E-state index < -0.39 is 11.5 Å². The topological polar surface area (TPSA) is 113 Å². The van der Waals surface area contributed by atoms with Crippen molar-refractivity contribution in [3.8, 4) is 0 Å². The van der Waals surface area contributed by atoms with E-state index in [0.717, 1.165) is 0 Å². The van der Waals surface area contributed by atoms with Crippen LogP contribution in [0.4, 0.5) is 0 Å². The summed E-state index contributed by atoms with van der Waals surface area (Å²) in [4.78, 5) is 22.9. The molecule has 1 rings (SSSR count). The molecule has 1 aromatic heterocycles. The Morgan fingerprint density at radius 2 is 2.26 bits per heavy atom. The Morgan fingerprint density at radius 3 is 2.84 bits per heavy atom. The summed E-state index contributed by atoms with van der Waals surface area (Å²) in [6, 6.07) is 0. The van der Waals surface area contributed by atoms with Crippen LogP contribution in [-0.4, -0.2) is 36.1 Å². The highest BCUT2D eigenvalue weighted by Crippen LogP contribution is 2.22. The van der Waals surface area contributed by atoms with Crippen molar-refractivity contribution in [2.24, 2.45) is 5.11 Å². The summed E-state index contributed by atoms with van der Waals surface area (Å²) in [5, 5.41) is 6.40. The number of azide groups is 1. The molecule has 1 N–H and O–H groups in total. The Hall–Kier alpha value is -2.18. The van der Waals surface area contributed by atoms with Crippen molar-refractivity contribution < 1.29 is 9.53 Å². The molecule has 0 aliphatic heterocycles. The summed E-state index contributed by atoms with van der Waals surface area (Å²) in [7, 11) is 1.31. The molecule has 0 spiro atoms. The molecule has 1 unspecified atom stereocenters. The zero-order valence-corrected chi connectivity index (χ0v) is 11.1. The quantitative estimate of drug-likeness (QED) is 0.271. The first-order valence-electron chi connectivity index (χ1n) is 5.68. The van der Waals surface area contributed by atoms with E-state index in [1.807, 2.05) is 0 Å². The molecule has 0 aromatic carbocycles. The van der Waals surface area contributed by atoms with Gasteiger partial charge in [0.05, 0.1) is 18.5 Å². The molecule has 102 valence electrons. The molecule has 19 heavy (non-hydrogen) atoms. The van der Waals surface area contributed by atoms with E-state index in [1.165, 1.54) is 13.3 Å². The molecule has 1 atom stereocenters. The van der Waals surface area contributed by atoms with E-state index in [2.05, 4.69) is 25.3 Å². The lowest BCUT2D eigenvalue weighted by molar-refractivity contribution is -0.148. The maximum absolute atomic E-state index is 12.0. The largest absolute Gasteiger partial charge is 0.467 e. The fraction of sp³-hybridized carbons (Fsp3) is 0.545. The third-order valence-corrected chi connectivity index (χ3v) is 2.70. The van der Waals surface area contributed by atoms with Crippen LogP contribution in [-0.2, 0) is 15.1 Å². The molecule has 0 bridgehead atoms. The Bertz CT molecular complexity index is 500. The van der Waals surface area contributed by atoms with Crippen molar-refractivity contribution in [1.82, 2.24) is 15.3 Å². The Kier molecular flexibility index (Phi) is 5.23. The maximum atomic E-state index is 12.0. The van der Waals surface area contributed by atoms with Gasteiger partial charge in [0.15, 0.2) is 5.54 Å². The van der Waals surface area contributed by atoms with Crippen LogP contribution in [0.2, 0.25) is 0 Å². The minimum atomic E-state index is -1.13. The molecule has 1 aromatic rings. The number of esters is 1. The van der Waals surface area contributed by atoms with Crippen molar-refractivity contribution in [1.29, 1.82) is 0 Å². The Labute approximate surface area is 110 Å². The Morgan fingerprint density at radius 1 is 1.58 bits per heavy atom. The van der Waals surface area contributed by atoms with Crippen LogP contribution in [0.15, 0.2) is 17.5 Å². The van der Waals surface area contributed by atoms with E-state index in [-0.39, 0.29) is 6.54 Å². The number of hydrogen-bond acceptors (Lipinski definition) is 6. The second kappa shape index (κ2) is 6.67. The number of aromatic nitrogens is 2. The average molecular weight is 264 g/mol. The van der Waals surface area contributed by atoms with Gasteiger partial charge in [0, 0.05) is 30.4 Å². The lowest BCUT2D eigenvalue weighted by atomic mass is 9.95. The van der Waals surface area contributed by atoms with Crippen LogP contribution >= 0.6 is 0 Å². The maximum Gasteiger partial charge on any atom is 0.332 e. The van der Waals surface area contributed by atoms with E-state index in [4.69, 9.17) is 10.3 Å². The van der Waals surface area contributed by atoms with Gasteiger partial charge in [0.25, 0.3) is 0 Å². The van der Waals surface area contributed by atoms with E-state index in [0.29, 0.717) is 17.9 Å². The highest BCUT2D eigenvalue weighted by molar-refractivity contribution is 5.81. The van der Waals surface area contributed by atoms with Gasteiger partial charge in [0.1, 0.15) is 0 Å². The van der Waals surface area contributed by atoms with Crippen LogP contribution < -0.4 is 5.32 Å². The number of rotatable bonds is 6. The lowest BCUT2D eigenvalue weighted by Gasteiger charge is -2.28. The normalized spacial score (nSPS) is 13.2. The summed E-state index contributed by atoms with van der Waals surface area (Å²) in [6.07, 6.45) is 3.06. The molecule has 0 saturated heterocycles. The number of carbonyl (C=O) groups is 1. The van der Waals surface area contributed by atoms with Crippen LogP contribution in [0.5, 0.6) is 0 Å². The summed E-state index contributed by atoms with van der Waals surface area (Å²) >= 11 is 0. The van der Waals surface area contributed by atoms with E-state index in [9.17, 15) is 4.79 Å². The molecular formula is C11H16N6O2. The molecule has 0 saturated carbocycles. The van der Waals surface area contributed by atoms with E-state index in [1.54, 1.807) is 20.0 Å². The number of aryl methyl sites for hydroxylation is 1. The van der Waals surface area contributed by atoms with Crippen molar-refractivity contribution >= 4 is 5.97 Å². The van der Waals surface area contributed by atoms with Crippen LogP contribution in [0.3, 0.4) is 0 Å². The first-order chi connectivity index (χ1) is 9.06. The van der Waals surface area contributed by atoms with Crippen molar-refractivity contribution in [3.05, 3.63) is 34.2 Å². The number of methoxy groups -OCH3 is 1. The van der Waals surface area contributed by atoms with Gasteiger partial charge in [-0.15, -0.1) is 0 Å². The summed E-state index contributed by atoms with van der Waals surface area (Å²) in [6.45, 7) is 3.97. The average Bonchev–Trinajstić information content (AvgIpc) is 2.43. The van der Waals surface area contributed by atoms with Gasteiger partial charge in [-0.05, 0) is 19.4 Å². The predicted molar refractivity (Wildman–Crippen MR) is 68.2 cm³/mol. The number of nitrogens with zero attached hydrogens (tertiary/aromatic N) is 5. The van der Waals surface area contributed by atoms with Gasteiger partial charge >= 0.3 is 5.97 Å². The van der Waals surface area contributed by atoms with Crippen molar-refractivity contribution in [2.45, 2.75) is 19.4 Å². The zero-order valence-electron chi connectivity index (χ0n) is 11.1. The van der Waals surface area contributed by atoms with Gasteiger partial charge in [-0.3, -0.25) is 15.3 Å². The third-order valence-electron chi connectivity index (χ3n) is 2.70. The molecule has 8 heteroatoms. The molecule has 1 heterocycles. The fourth-order valence-corrected chi connectivity index (χ4v) is 1.76. The fourth-order valence-electron chi connectivity index (χ4n) is 1.76. The number of nitrogens with one attached hydrogen (secondary N) is 1. The van der Waals surface area contributed by atoms with E-state index >= 15 is 0 Å². The summed E-state index contributed by atoms with van der Waals surface area (Å²) in [5.41, 5.74) is 8.22. The van der Waals surface area contributed by atoms with Gasteiger partial charge in [-0.1, -0.05) is 5.11 Å². The molecule has 0 radical (unpaired) electrons. The minimum Gasteiger partial charge on any atom is -0.467 e. The molecule has 8 nitrogen and oxygen atoms in total. The molecule has 0 aliphatic rings. The second-order valence-electron chi connectivity index (χ2n) is 3.99. The van der Waals surface area contributed by atoms with Gasteiger partial charge < -0.3 is 4.74 Å². The van der Waals surface area contributed by atoms with Crippen molar-refractivity contribution in [3.63, 3.8) is 0 Å².